The number of anilines is 1. The first-order valence-corrected chi connectivity index (χ1v) is 7.42. The van der Waals surface area contributed by atoms with E-state index in [1.54, 1.807) is 0 Å². The topological polar surface area (TPSA) is 59.8 Å². The van der Waals surface area contributed by atoms with E-state index in [0.717, 1.165) is 27.0 Å². The molecule has 5 nitrogen and oxygen atoms in total. The summed E-state index contributed by atoms with van der Waals surface area (Å²) in [6.07, 6.45) is 0. The van der Waals surface area contributed by atoms with Crippen LogP contribution in [0.25, 0.3) is 10.9 Å². The largest absolute Gasteiger partial charge is 0.339 e. The average molecular weight is 300 g/mol. The number of rotatable bonds is 2. The molecule has 2 heterocycles. The van der Waals surface area contributed by atoms with Crippen LogP contribution in [-0.2, 0) is 7.05 Å². The minimum absolute atomic E-state index is 0.177. The number of nitrogens with zero attached hydrogens (tertiary/aromatic N) is 3. The summed E-state index contributed by atoms with van der Waals surface area (Å²) in [7, 11) is 1.91. The lowest BCUT2D eigenvalue weighted by Crippen LogP contribution is -2.17. The molecular formula is C15H16N4OS. The highest BCUT2D eigenvalue weighted by molar-refractivity contribution is 7.05. The standard InChI is InChI=1S/C15H16N4OS/c1-8-6-5-7-11-9(2)13(19(4)12(8)11)14(20)17-15-16-10(3)21-18-15/h5-7H,1-4H3,(H,17,18,20). The lowest BCUT2D eigenvalue weighted by Gasteiger charge is -2.05. The molecule has 0 radical (unpaired) electrons. The molecule has 0 saturated heterocycles. The van der Waals surface area contributed by atoms with Crippen molar-refractivity contribution in [3.05, 3.63) is 40.0 Å². The van der Waals surface area contributed by atoms with Gasteiger partial charge in [0.25, 0.3) is 5.91 Å². The number of hydrogen-bond acceptors (Lipinski definition) is 4. The highest BCUT2D eigenvalue weighted by Gasteiger charge is 2.20. The van der Waals surface area contributed by atoms with Gasteiger partial charge in [0.05, 0.1) is 5.52 Å². The monoisotopic (exact) mass is 300 g/mol. The van der Waals surface area contributed by atoms with E-state index in [-0.39, 0.29) is 5.91 Å². The second-order valence-electron chi connectivity index (χ2n) is 5.09. The van der Waals surface area contributed by atoms with E-state index in [2.05, 4.69) is 27.7 Å². The van der Waals surface area contributed by atoms with Crippen molar-refractivity contribution in [2.45, 2.75) is 20.8 Å². The number of para-hydroxylation sites is 1. The van der Waals surface area contributed by atoms with Crippen LogP contribution in [0, 0.1) is 20.8 Å². The van der Waals surface area contributed by atoms with Crippen molar-refractivity contribution in [1.29, 1.82) is 0 Å². The fourth-order valence-corrected chi connectivity index (χ4v) is 3.16. The van der Waals surface area contributed by atoms with Gasteiger partial charge in [0.1, 0.15) is 10.7 Å². The molecule has 2 aromatic heterocycles. The van der Waals surface area contributed by atoms with E-state index in [0.29, 0.717) is 11.6 Å². The third-order valence-electron chi connectivity index (χ3n) is 3.64. The molecule has 0 bridgehead atoms. The summed E-state index contributed by atoms with van der Waals surface area (Å²) in [5, 5.41) is 4.70. The van der Waals surface area contributed by atoms with Crippen LogP contribution in [0.4, 0.5) is 5.95 Å². The van der Waals surface area contributed by atoms with Gasteiger partial charge in [0.15, 0.2) is 0 Å². The normalized spacial score (nSPS) is 11.0. The zero-order valence-electron chi connectivity index (χ0n) is 12.4. The second kappa shape index (κ2) is 4.96. The fraction of sp³-hybridized carbons (Fsp3) is 0.267. The van der Waals surface area contributed by atoms with E-state index in [1.807, 2.05) is 37.6 Å². The van der Waals surface area contributed by atoms with Crippen LogP contribution in [0.3, 0.4) is 0 Å². The lowest BCUT2D eigenvalue weighted by atomic mass is 10.1. The van der Waals surface area contributed by atoms with Crippen LogP contribution in [0.5, 0.6) is 0 Å². The molecule has 0 saturated carbocycles. The number of nitrogens with one attached hydrogen (secondary N) is 1. The minimum Gasteiger partial charge on any atom is -0.339 e. The van der Waals surface area contributed by atoms with Crippen LogP contribution < -0.4 is 5.32 Å². The van der Waals surface area contributed by atoms with Crippen molar-refractivity contribution in [2.24, 2.45) is 7.05 Å². The summed E-state index contributed by atoms with van der Waals surface area (Å²) >= 11 is 1.27. The Bertz CT molecular complexity index is 847. The Kier molecular flexibility index (Phi) is 3.25. The first-order chi connectivity index (χ1) is 9.99. The molecule has 1 amide bonds. The maximum Gasteiger partial charge on any atom is 0.274 e. The van der Waals surface area contributed by atoms with Gasteiger partial charge in [-0.25, -0.2) is 4.98 Å². The molecule has 1 N–H and O–H groups in total. The number of hydrogen-bond donors (Lipinski definition) is 1. The van der Waals surface area contributed by atoms with Crippen molar-refractivity contribution in [3.8, 4) is 0 Å². The second-order valence-corrected chi connectivity index (χ2v) is 6.05. The summed E-state index contributed by atoms with van der Waals surface area (Å²) in [5.74, 6) is 0.187. The van der Waals surface area contributed by atoms with Crippen LogP contribution in [0.2, 0.25) is 0 Å². The summed E-state index contributed by atoms with van der Waals surface area (Å²) in [6, 6.07) is 6.10. The molecular weight excluding hydrogens is 284 g/mol. The SMILES string of the molecule is Cc1nc(NC(=O)c2c(C)c3cccc(C)c3n2C)ns1. The highest BCUT2D eigenvalue weighted by atomic mass is 32.1. The Labute approximate surface area is 126 Å². The number of fused-ring (bicyclic) bond motifs is 1. The van der Waals surface area contributed by atoms with Gasteiger partial charge in [0, 0.05) is 12.4 Å². The molecule has 21 heavy (non-hydrogen) atoms. The third-order valence-corrected chi connectivity index (χ3v) is 4.26. The molecule has 0 unspecified atom stereocenters. The van der Waals surface area contributed by atoms with Gasteiger partial charge in [-0.2, -0.15) is 4.37 Å². The molecule has 6 heteroatoms. The Hall–Kier alpha value is -2.21. The highest BCUT2D eigenvalue weighted by Crippen LogP contribution is 2.27. The van der Waals surface area contributed by atoms with E-state index < -0.39 is 0 Å². The maximum absolute atomic E-state index is 12.5. The van der Waals surface area contributed by atoms with Gasteiger partial charge in [-0.3, -0.25) is 10.1 Å². The van der Waals surface area contributed by atoms with Crippen molar-refractivity contribution in [3.63, 3.8) is 0 Å². The van der Waals surface area contributed by atoms with Crippen molar-refractivity contribution in [2.75, 3.05) is 5.32 Å². The van der Waals surface area contributed by atoms with E-state index >= 15 is 0 Å². The number of aryl methyl sites for hydroxylation is 4. The quantitative estimate of drug-likeness (QED) is 0.790. The summed E-state index contributed by atoms with van der Waals surface area (Å²) in [6.45, 7) is 5.88. The van der Waals surface area contributed by atoms with Gasteiger partial charge < -0.3 is 4.57 Å². The molecule has 0 fully saturated rings. The molecule has 0 spiro atoms. The molecule has 108 valence electrons. The third kappa shape index (κ3) is 2.21. The van der Waals surface area contributed by atoms with Crippen molar-refractivity contribution >= 4 is 34.3 Å². The zero-order valence-corrected chi connectivity index (χ0v) is 13.2. The molecule has 0 aliphatic heterocycles. The molecule has 3 rings (SSSR count). The van der Waals surface area contributed by atoms with Gasteiger partial charge in [-0.15, -0.1) is 0 Å². The van der Waals surface area contributed by atoms with Crippen LogP contribution in [-0.4, -0.2) is 19.8 Å². The number of amides is 1. The maximum atomic E-state index is 12.5. The predicted molar refractivity (Wildman–Crippen MR) is 85.0 cm³/mol. The summed E-state index contributed by atoms with van der Waals surface area (Å²) in [5.41, 5.74) is 3.86. The van der Waals surface area contributed by atoms with Gasteiger partial charge in [-0.05, 0) is 43.4 Å². The number of carbonyl (C=O) groups is 1. The minimum atomic E-state index is -0.177. The van der Waals surface area contributed by atoms with Crippen LogP contribution in [0.15, 0.2) is 18.2 Å². The van der Waals surface area contributed by atoms with Gasteiger partial charge in [-0.1, -0.05) is 18.2 Å². The Balaban J connectivity index is 2.08. The van der Waals surface area contributed by atoms with Gasteiger partial charge in [0.2, 0.25) is 5.95 Å². The van der Waals surface area contributed by atoms with Crippen LogP contribution >= 0.6 is 11.5 Å². The number of benzene rings is 1. The Morgan fingerprint density at radius 1 is 1.29 bits per heavy atom. The molecule has 0 aliphatic carbocycles. The predicted octanol–water partition coefficient (Wildman–Crippen LogP) is 3.21. The van der Waals surface area contributed by atoms with Gasteiger partial charge >= 0.3 is 0 Å². The van der Waals surface area contributed by atoms with Crippen molar-refractivity contribution in [1.82, 2.24) is 13.9 Å². The van der Waals surface area contributed by atoms with E-state index in [4.69, 9.17) is 0 Å². The lowest BCUT2D eigenvalue weighted by molar-refractivity contribution is 0.101. The first-order valence-electron chi connectivity index (χ1n) is 6.65. The van der Waals surface area contributed by atoms with E-state index in [9.17, 15) is 4.79 Å². The number of carbonyl (C=O) groups excluding carboxylic acids is 1. The Morgan fingerprint density at radius 2 is 2.05 bits per heavy atom. The first kappa shape index (κ1) is 13.8. The summed E-state index contributed by atoms with van der Waals surface area (Å²) in [4.78, 5) is 16.7. The molecule has 0 atom stereocenters. The number of aromatic nitrogens is 3. The van der Waals surface area contributed by atoms with Crippen LogP contribution in [0.1, 0.15) is 26.6 Å². The van der Waals surface area contributed by atoms with E-state index in [1.165, 1.54) is 11.5 Å². The average Bonchev–Trinajstić information content (AvgIpc) is 2.93. The molecule has 3 aromatic rings. The fourth-order valence-electron chi connectivity index (χ4n) is 2.73. The zero-order chi connectivity index (χ0) is 15.1. The summed E-state index contributed by atoms with van der Waals surface area (Å²) < 4.78 is 6.04. The smallest absolute Gasteiger partial charge is 0.274 e. The Morgan fingerprint density at radius 3 is 2.67 bits per heavy atom. The molecule has 0 aliphatic rings. The molecule has 1 aromatic carbocycles. The van der Waals surface area contributed by atoms with Crippen molar-refractivity contribution < 1.29 is 4.79 Å².